The number of benzene rings is 1. The molecule has 0 aliphatic carbocycles. The summed E-state index contributed by atoms with van der Waals surface area (Å²) >= 11 is 0. The van der Waals surface area contributed by atoms with Crippen molar-refractivity contribution in [1.82, 2.24) is 10.2 Å². The van der Waals surface area contributed by atoms with Gasteiger partial charge in [0.2, 0.25) is 5.76 Å². The van der Waals surface area contributed by atoms with Gasteiger partial charge in [0.05, 0.1) is 11.8 Å². The first kappa shape index (κ1) is 10.4. The minimum atomic E-state index is -1.10. The lowest BCUT2D eigenvalue weighted by atomic mass is 10.0. The van der Waals surface area contributed by atoms with Crippen LogP contribution < -0.4 is 5.73 Å². The molecule has 0 unspecified atom stereocenters. The lowest BCUT2D eigenvalue weighted by molar-refractivity contribution is 0.0663. The fraction of sp³-hybridized carbons (Fsp3) is 0. The van der Waals surface area contributed by atoms with Crippen molar-refractivity contribution in [3.05, 3.63) is 36.3 Å². The van der Waals surface area contributed by atoms with Gasteiger partial charge in [0.25, 0.3) is 0 Å². The smallest absolute Gasteiger partial charge is 0.372 e. The van der Waals surface area contributed by atoms with Crippen LogP contribution >= 0.6 is 0 Å². The maximum atomic E-state index is 11.0. The maximum Gasteiger partial charge on any atom is 0.372 e. The molecular weight excluding hydrogens is 234 g/mol. The third kappa shape index (κ3) is 1.43. The molecule has 3 aromatic rings. The van der Waals surface area contributed by atoms with Gasteiger partial charge in [0.1, 0.15) is 0 Å². The van der Waals surface area contributed by atoms with Crippen LogP contribution in [0.2, 0.25) is 0 Å². The van der Waals surface area contributed by atoms with E-state index in [0.717, 1.165) is 16.5 Å². The van der Waals surface area contributed by atoms with Crippen molar-refractivity contribution in [2.24, 2.45) is 0 Å². The number of furan rings is 1. The first-order valence-electron chi connectivity index (χ1n) is 5.21. The Labute approximate surface area is 101 Å². The number of anilines is 1. The number of carbonyl (C=O) groups is 1. The fourth-order valence-electron chi connectivity index (χ4n) is 1.90. The molecule has 0 fully saturated rings. The van der Waals surface area contributed by atoms with Crippen molar-refractivity contribution in [3.8, 4) is 11.1 Å². The van der Waals surface area contributed by atoms with Crippen molar-refractivity contribution in [1.29, 1.82) is 0 Å². The molecule has 0 radical (unpaired) electrons. The number of fused-ring (bicyclic) bond motifs is 1. The number of hydrogen-bond acceptors (Lipinski definition) is 4. The summed E-state index contributed by atoms with van der Waals surface area (Å²) in [7, 11) is 0. The van der Waals surface area contributed by atoms with Gasteiger partial charge in [-0.2, -0.15) is 5.10 Å². The molecule has 0 amide bonds. The summed E-state index contributed by atoms with van der Waals surface area (Å²) in [6.07, 6.45) is 1.35. The minimum Gasteiger partial charge on any atom is -0.475 e. The Morgan fingerprint density at radius 2 is 2.22 bits per heavy atom. The summed E-state index contributed by atoms with van der Waals surface area (Å²) in [4.78, 5) is 11.0. The molecule has 6 nitrogen and oxygen atoms in total. The van der Waals surface area contributed by atoms with Crippen LogP contribution in [-0.4, -0.2) is 21.3 Å². The highest BCUT2D eigenvalue weighted by molar-refractivity contribution is 5.97. The first-order valence-corrected chi connectivity index (χ1v) is 5.21. The maximum absolute atomic E-state index is 11.0. The number of nitrogens with two attached hydrogens (primary N) is 1. The number of hydrogen-bond donors (Lipinski definition) is 3. The van der Waals surface area contributed by atoms with E-state index in [1.165, 1.54) is 6.26 Å². The molecule has 0 saturated carbocycles. The Bertz CT molecular complexity index is 742. The van der Waals surface area contributed by atoms with Crippen LogP contribution in [0.15, 0.2) is 34.9 Å². The van der Waals surface area contributed by atoms with Crippen LogP contribution in [-0.2, 0) is 0 Å². The predicted octanol–water partition coefficient (Wildman–Crippen LogP) is 2.10. The van der Waals surface area contributed by atoms with Gasteiger partial charge in [-0.05, 0) is 23.8 Å². The molecule has 0 saturated heterocycles. The Kier molecular flexibility index (Phi) is 2.09. The molecule has 4 N–H and O–H groups in total. The summed E-state index contributed by atoms with van der Waals surface area (Å²) in [5.74, 6) is -0.807. The molecule has 0 atom stereocenters. The second kappa shape index (κ2) is 3.63. The van der Waals surface area contributed by atoms with E-state index in [4.69, 9.17) is 15.3 Å². The van der Waals surface area contributed by atoms with Gasteiger partial charge >= 0.3 is 5.97 Å². The van der Waals surface area contributed by atoms with E-state index in [-0.39, 0.29) is 5.76 Å². The molecule has 0 aliphatic heterocycles. The van der Waals surface area contributed by atoms with E-state index in [0.29, 0.717) is 11.4 Å². The molecule has 2 heterocycles. The van der Waals surface area contributed by atoms with Gasteiger partial charge in [0.15, 0.2) is 5.82 Å². The van der Waals surface area contributed by atoms with Crippen LogP contribution in [0, 0.1) is 0 Å². The second-order valence-electron chi connectivity index (χ2n) is 3.84. The number of rotatable bonds is 2. The number of nitrogens with zero attached hydrogens (tertiary/aromatic N) is 1. The van der Waals surface area contributed by atoms with Gasteiger partial charge in [-0.15, -0.1) is 0 Å². The Morgan fingerprint density at radius 3 is 3.00 bits per heavy atom. The lowest BCUT2D eigenvalue weighted by Gasteiger charge is -2.00. The van der Waals surface area contributed by atoms with E-state index in [1.54, 1.807) is 24.3 Å². The standard InChI is InChI=1S/C12H9N3O3/c13-11-8-5-6(1-2-9(8)14-15-11)7-3-4-18-10(7)12(16)17/h1-5H,(H,16,17)(H3,13,14,15). The summed E-state index contributed by atoms with van der Waals surface area (Å²) < 4.78 is 4.95. The average Bonchev–Trinajstić information content (AvgIpc) is 2.96. The fourth-order valence-corrected chi connectivity index (χ4v) is 1.90. The predicted molar refractivity (Wildman–Crippen MR) is 65.2 cm³/mol. The van der Waals surface area contributed by atoms with Crippen molar-refractivity contribution in [2.75, 3.05) is 5.73 Å². The van der Waals surface area contributed by atoms with E-state index in [9.17, 15) is 4.79 Å². The quantitative estimate of drug-likeness (QED) is 0.639. The molecule has 18 heavy (non-hydrogen) atoms. The van der Waals surface area contributed by atoms with Gasteiger partial charge in [0, 0.05) is 10.9 Å². The van der Waals surface area contributed by atoms with Crippen LogP contribution in [0.3, 0.4) is 0 Å². The number of H-pyrrole nitrogens is 1. The van der Waals surface area contributed by atoms with Gasteiger partial charge < -0.3 is 15.3 Å². The molecular formula is C12H9N3O3. The number of aromatic carboxylic acids is 1. The monoisotopic (exact) mass is 243 g/mol. The summed E-state index contributed by atoms with van der Waals surface area (Å²) in [6, 6.07) is 6.98. The van der Waals surface area contributed by atoms with E-state index in [2.05, 4.69) is 10.2 Å². The van der Waals surface area contributed by atoms with E-state index < -0.39 is 5.97 Å². The van der Waals surface area contributed by atoms with Crippen LogP contribution in [0.25, 0.3) is 22.0 Å². The van der Waals surface area contributed by atoms with Gasteiger partial charge in [-0.25, -0.2) is 4.79 Å². The third-order valence-corrected chi connectivity index (χ3v) is 2.76. The number of nitrogens with one attached hydrogen (secondary N) is 1. The second-order valence-corrected chi connectivity index (χ2v) is 3.84. The SMILES string of the molecule is Nc1n[nH]c2ccc(-c3ccoc3C(=O)O)cc12. The molecule has 90 valence electrons. The molecule has 1 aromatic carbocycles. The highest BCUT2D eigenvalue weighted by Crippen LogP contribution is 2.29. The normalized spacial score (nSPS) is 10.9. The number of aromatic amines is 1. The molecule has 0 spiro atoms. The van der Waals surface area contributed by atoms with E-state index >= 15 is 0 Å². The van der Waals surface area contributed by atoms with E-state index in [1.807, 2.05) is 0 Å². The summed E-state index contributed by atoms with van der Waals surface area (Å²) in [5.41, 5.74) is 7.76. The van der Waals surface area contributed by atoms with Gasteiger partial charge in [-0.1, -0.05) is 6.07 Å². The zero-order chi connectivity index (χ0) is 12.7. The zero-order valence-corrected chi connectivity index (χ0v) is 9.18. The average molecular weight is 243 g/mol. The molecule has 2 aromatic heterocycles. The topological polar surface area (TPSA) is 105 Å². The summed E-state index contributed by atoms with van der Waals surface area (Å²) in [6.45, 7) is 0. The highest BCUT2D eigenvalue weighted by Gasteiger charge is 2.16. The van der Waals surface area contributed by atoms with Crippen LogP contribution in [0.4, 0.5) is 5.82 Å². The number of aromatic nitrogens is 2. The zero-order valence-electron chi connectivity index (χ0n) is 9.18. The third-order valence-electron chi connectivity index (χ3n) is 2.76. The van der Waals surface area contributed by atoms with Crippen LogP contribution in [0.5, 0.6) is 0 Å². The van der Waals surface area contributed by atoms with Crippen molar-refractivity contribution in [3.63, 3.8) is 0 Å². The number of nitrogen functional groups attached to an aromatic ring is 1. The largest absolute Gasteiger partial charge is 0.475 e. The Balaban J connectivity index is 2.22. The van der Waals surface area contributed by atoms with Crippen molar-refractivity contribution < 1.29 is 14.3 Å². The Morgan fingerprint density at radius 1 is 1.39 bits per heavy atom. The highest BCUT2D eigenvalue weighted by atomic mass is 16.4. The molecule has 3 rings (SSSR count). The summed E-state index contributed by atoms with van der Waals surface area (Å²) in [5, 5.41) is 16.4. The van der Waals surface area contributed by atoms with Crippen molar-refractivity contribution in [2.45, 2.75) is 0 Å². The number of carboxylic acid groups (broad SMARTS) is 1. The molecule has 0 bridgehead atoms. The minimum absolute atomic E-state index is 0.0867. The molecule has 6 heteroatoms. The number of carboxylic acids is 1. The Hall–Kier alpha value is -2.76. The molecule has 0 aliphatic rings. The van der Waals surface area contributed by atoms with Crippen LogP contribution in [0.1, 0.15) is 10.6 Å². The lowest BCUT2D eigenvalue weighted by Crippen LogP contribution is -1.95. The first-order chi connectivity index (χ1) is 8.66. The van der Waals surface area contributed by atoms with Gasteiger partial charge in [-0.3, -0.25) is 5.10 Å². The van der Waals surface area contributed by atoms with Crippen molar-refractivity contribution >= 4 is 22.7 Å².